The number of imide groups is 1. The number of ether oxygens (including phenoxy) is 1. The molecule has 46 heavy (non-hydrogen) atoms. The van der Waals surface area contributed by atoms with Gasteiger partial charge in [-0.2, -0.15) is 11.8 Å². The summed E-state index contributed by atoms with van der Waals surface area (Å²) < 4.78 is 4.97. The molecule has 2 fully saturated rings. The monoisotopic (exact) mass is 660 g/mol. The highest BCUT2D eigenvalue weighted by Crippen LogP contribution is 2.41. The molecule has 6 N–H and O–H groups in total. The maximum absolute atomic E-state index is 13.5. The number of carbonyl (C=O) groups is 7. The number of urea groups is 1. The maximum Gasteiger partial charge on any atom is 0.312 e. The number of hydrogen-bond donors (Lipinski definition) is 5. The predicted molar refractivity (Wildman–Crippen MR) is 171 cm³/mol. The Morgan fingerprint density at radius 3 is 2.28 bits per heavy atom. The maximum atomic E-state index is 13.5. The lowest BCUT2D eigenvalue weighted by Crippen LogP contribution is -2.58. The van der Waals surface area contributed by atoms with Gasteiger partial charge in [-0.1, -0.05) is 18.6 Å². The van der Waals surface area contributed by atoms with Gasteiger partial charge < -0.3 is 31.7 Å². The van der Waals surface area contributed by atoms with Gasteiger partial charge in [0.1, 0.15) is 18.1 Å². The van der Waals surface area contributed by atoms with Gasteiger partial charge in [-0.15, -0.1) is 0 Å². The van der Waals surface area contributed by atoms with Gasteiger partial charge in [0.2, 0.25) is 29.5 Å². The van der Waals surface area contributed by atoms with Crippen LogP contribution in [0.25, 0.3) is 0 Å². The van der Waals surface area contributed by atoms with Crippen molar-refractivity contribution in [2.75, 3.05) is 31.2 Å². The summed E-state index contributed by atoms with van der Waals surface area (Å²) in [5.74, 6) is -2.13. The fourth-order valence-electron chi connectivity index (χ4n) is 5.28. The third-order valence-corrected chi connectivity index (χ3v) is 9.10. The summed E-state index contributed by atoms with van der Waals surface area (Å²) in [5.41, 5.74) is 5.04. The van der Waals surface area contributed by atoms with Crippen LogP contribution in [0.1, 0.15) is 70.3 Å². The number of amides is 7. The molecule has 0 radical (unpaired) electrons. The minimum Gasteiger partial charge on any atom is -0.461 e. The Labute approximate surface area is 272 Å². The van der Waals surface area contributed by atoms with Crippen LogP contribution in [0.15, 0.2) is 24.3 Å². The molecule has 1 unspecified atom stereocenters. The molecular weight excluding hydrogens is 616 g/mol. The summed E-state index contributed by atoms with van der Waals surface area (Å²) in [6, 6.07) is 4.99. The highest BCUT2D eigenvalue weighted by Gasteiger charge is 2.51. The van der Waals surface area contributed by atoms with E-state index in [1.165, 1.54) is 23.6 Å². The zero-order chi connectivity index (χ0) is 33.7. The van der Waals surface area contributed by atoms with E-state index in [1.807, 2.05) is 6.26 Å². The molecule has 14 nitrogen and oxygen atoms in total. The molecule has 1 heterocycles. The molecule has 1 aromatic rings. The van der Waals surface area contributed by atoms with E-state index in [1.54, 1.807) is 24.3 Å². The average molecular weight is 661 g/mol. The standard InChI is InChI=1S/C31H44N6O8S/c1-20(38)45-19-21-9-11-22(12-10-21)35-26(40)23(8-6-16-34-30(32)44)36-29(43)31(13-7-14-31)28(42)33-15-4-3-5-17-37-25(39)18-24(46-2)27(37)41/h9-12,23-24H,3-8,13-19H2,1-2H3,(H,33,42)(H,35,40)(H,36,43)(H3,32,34,44)/t23-,24?/m0/s1. The molecule has 15 heteroatoms. The zero-order valence-corrected chi connectivity index (χ0v) is 27.2. The molecule has 0 spiro atoms. The van der Waals surface area contributed by atoms with Crippen molar-refractivity contribution in [3.63, 3.8) is 0 Å². The number of nitrogens with one attached hydrogen (secondary N) is 4. The van der Waals surface area contributed by atoms with E-state index in [2.05, 4.69) is 21.3 Å². The number of nitrogens with two attached hydrogens (primary N) is 1. The fraction of sp³-hybridized carbons (Fsp3) is 0.581. The van der Waals surface area contributed by atoms with Gasteiger partial charge >= 0.3 is 12.0 Å². The molecule has 1 aliphatic heterocycles. The SMILES string of the molecule is CSC1CC(=O)N(CCCCCNC(=O)C2(C(=O)N[C@@H](CCCNC(N)=O)C(=O)Nc3ccc(COC(C)=O)cc3)CCC2)C1=O. The lowest BCUT2D eigenvalue weighted by molar-refractivity contribution is -0.151. The van der Waals surface area contributed by atoms with E-state index < -0.39 is 41.2 Å². The number of primary amides is 1. The molecule has 0 bridgehead atoms. The van der Waals surface area contributed by atoms with Crippen LogP contribution >= 0.6 is 11.8 Å². The van der Waals surface area contributed by atoms with Crippen molar-refractivity contribution in [3.8, 4) is 0 Å². The van der Waals surface area contributed by atoms with Crippen LogP contribution < -0.4 is 27.0 Å². The van der Waals surface area contributed by atoms with Crippen molar-refractivity contribution in [3.05, 3.63) is 29.8 Å². The van der Waals surface area contributed by atoms with Crippen LogP contribution in [0.5, 0.6) is 0 Å². The van der Waals surface area contributed by atoms with E-state index in [4.69, 9.17) is 10.5 Å². The van der Waals surface area contributed by atoms with Crippen LogP contribution in [-0.2, 0) is 40.1 Å². The third-order valence-electron chi connectivity index (χ3n) is 8.16. The molecule has 3 rings (SSSR count). The second-order valence-electron chi connectivity index (χ2n) is 11.5. The minimum atomic E-state index is -1.29. The second-order valence-corrected chi connectivity index (χ2v) is 12.5. The first-order valence-electron chi connectivity index (χ1n) is 15.5. The van der Waals surface area contributed by atoms with Gasteiger partial charge in [-0.25, -0.2) is 4.79 Å². The van der Waals surface area contributed by atoms with E-state index in [9.17, 15) is 33.6 Å². The molecular formula is C31H44N6O8S. The van der Waals surface area contributed by atoms with Crippen LogP contribution in [0.3, 0.4) is 0 Å². The number of unbranched alkanes of at least 4 members (excludes halogenated alkanes) is 2. The highest BCUT2D eigenvalue weighted by molar-refractivity contribution is 8.00. The Morgan fingerprint density at radius 2 is 1.70 bits per heavy atom. The Hall–Kier alpha value is -4.14. The number of benzene rings is 1. The number of nitrogens with zero attached hydrogens (tertiary/aromatic N) is 1. The van der Waals surface area contributed by atoms with Gasteiger partial charge in [0, 0.05) is 38.7 Å². The summed E-state index contributed by atoms with van der Waals surface area (Å²) in [7, 11) is 0. The van der Waals surface area contributed by atoms with Crippen molar-refractivity contribution >= 4 is 59.0 Å². The molecule has 2 atom stereocenters. The summed E-state index contributed by atoms with van der Waals surface area (Å²) >= 11 is 1.38. The van der Waals surface area contributed by atoms with Crippen molar-refractivity contribution in [1.29, 1.82) is 0 Å². The summed E-state index contributed by atoms with van der Waals surface area (Å²) in [6.45, 7) is 2.29. The van der Waals surface area contributed by atoms with Gasteiger partial charge in [0.15, 0.2) is 0 Å². The second kappa shape index (κ2) is 17.5. The smallest absolute Gasteiger partial charge is 0.312 e. The average Bonchev–Trinajstić information content (AvgIpc) is 3.26. The van der Waals surface area contributed by atoms with E-state index in [0.717, 1.165) is 5.56 Å². The lowest BCUT2D eigenvalue weighted by Gasteiger charge is -2.39. The first kappa shape index (κ1) is 36.3. The lowest BCUT2D eigenvalue weighted by atomic mass is 9.67. The van der Waals surface area contributed by atoms with E-state index in [0.29, 0.717) is 63.7 Å². The number of esters is 1. The Morgan fingerprint density at radius 1 is 1.00 bits per heavy atom. The Bertz CT molecular complexity index is 1290. The van der Waals surface area contributed by atoms with Crippen LogP contribution in [-0.4, -0.2) is 83.6 Å². The quantitative estimate of drug-likeness (QED) is 0.0670. The number of likely N-dealkylation sites (tertiary alicyclic amines) is 1. The molecule has 1 saturated carbocycles. The summed E-state index contributed by atoms with van der Waals surface area (Å²) in [4.78, 5) is 87.8. The van der Waals surface area contributed by atoms with Gasteiger partial charge in [-0.05, 0) is 68.9 Å². The Kier molecular flexibility index (Phi) is 13.8. The number of anilines is 1. The first-order valence-corrected chi connectivity index (χ1v) is 16.8. The minimum absolute atomic E-state index is 0.0958. The molecule has 0 aromatic heterocycles. The number of carbonyl (C=O) groups excluding carboxylic acids is 7. The summed E-state index contributed by atoms with van der Waals surface area (Å²) in [5, 5.41) is 10.5. The first-order chi connectivity index (χ1) is 22.0. The number of thioether (sulfide) groups is 1. The van der Waals surface area contributed by atoms with Crippen molar-refractivity contribution < 1.29 is 38.3 Å². The van der Waals surface area contributed by atoms with Crippen LogP contribution in [0.4, 0.5) is 10.5 Å². The van der Waals surface area contributed by atoms with Gasteiger partial charge in [-0.3, -0.25) is 33.7 Å². The van der Waals surface area contributed by atoms with Crippen molar-refractivity contribution in [1.82, 2.24) is 20.9 Å². The highest BCUT2D eigenvalue weighted by atomic mass is 32.2. The van der Waals surface area contributed by atoms with E-state index in [-0.39, 0.29) is 43.1 Å². The Balaban J connectivity index is 1.52. The van der Waals surface area contributed by atoms with Crippen LogP contribution in [0.2, 0.25) is 0 Å². The van der Waals surface area contributed by atoms with Crippen molar-refractivity contribution in [2.24, 2.45) is 11.1 Å². The zero-order valence-electron chi connectivity index (χ0n) is 26.4. The fourth-order valence-corrected chi connectivity index (χ4v) is 5.92. The molecule has 1 saturated heterocycles. The third kappa shape index (κ3) is 10.2. The molecule has 1 aromatic carbocycles. The number of hydrogen-bond acceptors (Lipinski definition) is 9. The number of rotatable bonds is 18. The molecule has 252 valence electrons. The van der Waals surface area contributed by atoms with Gasteiger partial charge in [0.05, 0.1) is 5.25 Å². The van der Waals surface area contributed by atoms with Crippen molar-refractivity contribution in [2.45, 2.75) is 82.6 Å². The molecule has 1 aliphatic carbocycles. The topological polar surface area (TPSA) is 206 Å². The molecule has 2 aliphatic rings. The van der Waals surface area contributed by atoms with E-state index >= 15 is 0 Å². The van der Waals surface area contributed by atoms with Crippen LogP contribution in [0, 0.1) is 5.41 Å². The van der Waals surface area contributed by atoms with Gasteiger partial charge in [0.25, 0.3) is 0 Å². The predicted octanol–water partition coefficient (Wildman–Crippen LogP) is 1.57. The molecule has 7 amide bonds. The largest absolute Gasteiger partial charge is 0.461 e. The summed E-state index contributed by atoms with van der Waals surface area (Å²) in [6.07, 6.45) is 5.88. The normalized spacial score (nSPS) is 17.4.